The van der Waals surface area contributed by atoms with E-state index < -0.39 is 0 Å². The zero-order chi connectivity index (χ0) is 13.1. The first kappa shape index (κ1) is 13.1. The number of hydrogen-bond acceptors (Lipinski definition) is 1. The molecule has 0 saturated carbocycles. The highest BCUT2D eigenvalue weighted by Crippen LogP contribution is 2.21. The lowest BCUT2D eigenvalue weighted by atomic mass is 10.2. The van der Waals surface area contributed by atoms with Gasteiger partial charge in [0.05, 0.1) is 0 Å². The molecule has 1 heterocycles. The van der Waals surface area contributed by atoms with E-state index in [4.69, 9.17) is 0 Å². The second kappa shape index (κ2) is 5.57. The number of halogens is 1. The normalized spacial score (nSPS) is 11.1. The van der Waals surface area contributed by atoms with Gasteiger partial charge in [0.1, 0.15) is 0 Å². The van der Waals surface area contributed by atoms with E-state index in [-0.39, 0.29) is 11.9 Å². The van der Waals surface area contributed by atoms with E-state index in [9.17, 15) is 4.79 Å². The lowest BCUT2D eigenvalue weighted by Gasteiger charge is -2.09. The van der Waals surface area contributed by atoms with Crippen molar-refractivity contribution >= 4 is 32.7 Å². The zero-order valence-corrected chi connectivity index (χ0v) is 12.2. The van der Waals surface area contributed by atoms with Gasteiger partial charge < -0.3 is 9.88 Å². The van der Waals surface area contributed by atoms with Crippen LogP contribution in [0, 0.1) is 0 Å². The fourth-order valence-electron chi connectivity index (χ4n) is 1.97. The van der Waals surface area contributed by atoms with Gasteiger partial charge in [-0.2, -0.15) is 0 Å². The molecular formula is C14H17BrN2O. The van der Waals surface area contributed by atoms with Crippen LogP contribution in [0.1, 0.15) is 20.3 Å². The lowest BCUT2D eigenvalue weighted by Crippen LogP contribution is -2.30. The maximum Gasteiger partial charge on any atom is 0.221 e. The third-order valence-corrected chi connectivity index (χ3v) is 3.26. The van der Waals surface area contributed by atoms with Crippen molar-refractivity contribution in [3.05, 3.63) is 34.9 Å². The molecule has 0 saturated heterocycles. The van der Waals surface area contributed by atoms with Crippen LogP contribution in [0.4, 0.5) is 0 Å². The molecule has 1 N–H and O–H groups in total. The van der Waals surface area contributed by atoms with Gasteiger partial charge in [-0.3, -0.25) is 4.79 Å². The SMILES string of the molecule is CC(C)NC(=O)CCn1ccc2ccc(Br)cc21. The fraction of sp³-hybridized carbons (Fsp3) is 0.357. The Balaban J connectivity index is 2.08. The van der Waals surface area contributed by atoms with Crippen molar-refractivity contribution in [2.24, 2.45) is 0 Å². The highest BCUT2D eigenvalue weighted by Gasteiger charge is 2.06. The topological polar surface area (TPSA) is 34.0 Å². The number of carbonyl (C=O) groups is 1. The summed E-state index contributed by atoms with van der Waals surface area (Å²) in [6, 6.07) is 8.45. The summed E-state index contributed by atoms with van der Waals surface area (Å²) in [6.07, 6.45) is 2.54. The van der Waals surface area contributed by atoms with E-state index in [1.54, 1.807) is 0 Å². The number of rotatable bonds is 4. The fourth-order valence-corrected chi connectivity index (χ4v) is 2.32. The molecule has 0 aliphatic carbocycles. The number of benzene rings is 1. The van der Waals surface area contributed by atoms with Gasteiger partial charge in [0, 0.05) is 35.2 Å². The van der Waals surface area contributed by atoms with E-state index >= 15 is 0 Å². The number of hydrogen-bond donors (Lipinski definition) is 1. The average molecular weight is 309 g/mol. The average Bonchev–Trinajstić information content (AvgIpc) is 2.68. The summed E-state index contributed by atoms with van der Waals surface area (Å²) in [7, 11) is 0. The smallest absolute Gasteiger partial charge is 0.221 e. The van der Waals surface area contributed by atoms with Gasteiger partial charge >= 0.3 is 0 Å². The highest BCUT2D eigenvalue weighted by atomic mass is 79.9. The molecule has 0 bridgehead atoms. The van der Waals surface area contributed by atoms with Crippen molar-refractivity contribution in [2.45, 2.75) is 32.9 Å². The number of nitrogens with one attached hydrogen (secondary N) is 1. The number of nitrogens with zero attached hydrogens (tertiary/aromatic N) is 1. The maximum atomic E-state index is 11.6. The van der Waals surface area contributed by atoms with Crippen molar-refractivity contribution in [2.75, 3.05) is 0 Å². The predicted molar refractivity (Wildman–Crippen MR) is 77.5 cm³/mol. The van der Waals surface area contributed by atoms with Crippen LogP contribution in [0.3, 0.4) is 0 Å². The third kappa shape index (κ3) is 3.13. The first-order valence-corrected chi connectivity index (χ1v) is 6.89. The summed E-state index contributed by atoms with van der Waals surface area (Å²) in [5, 5.41) is 4.10. The summed E-state index contributed by atoms with van der Waals surface area (Å²) >= 11 is 3.47. The second-order valence-electron chi connectivity index (χ2n) is 4.68. The van der Waals surface area contributed by atoms with Crippen molar-refractivity contribution in [3.63, 3.8) is 0 Å². The molecule has 1 aromatic carbocycles. The Morgan fingerprint density at radius 1 is 1.39 bits per heavy atom. The largest absolute Gasteiger partial charge is 0.354 e. The molecule has 1 amide bonds. The summed E-state index contributed by atoms with van der Waals surface area (Å²) in [6.45, 7) is 4.65. The number of carbonyl (C=O) groups excluding carboxylic acids is 1. The maximum absolute atomic E-state index is 11.6. The second-order valence-corrected chi connectivity index (χ2v) is 5.60. The van der Waals surface area contributed by atoms with Crippen molar-refractivity contribution in [1.82, 2.24) is 9.88 Å². The molecule has 0 atom stereocenters. The predicted octanol–water partition coefficient (Wildman–Crippen LogP) is 3.32. The summed E-state index contributed by atoms with van der Waals surface area (Å²) in [5.74, 6) is 0.0989. The minimum absolute atomic E-state index is 0.0989. The van der Waals surface area contributed by atoms with Crippen molar-refractivity contribution in [3.8, 4) is 0 Å². The first-order chi connectivity index (χ1) is 8.56. The van der Waals surface area contributed by atoms with E-state index in [0.29, 0.717) is 13.0 Å². The summed E-state index contributed by atoms with van der Waals surface area (Å²) in [5.41, 5.74) is 1.15. The van der Waals surface area contributed by atoms with Gasteiger partial charge in [0.25, 0.3) is 0 Å². The zero-order valence-electron chi connectivity index (χ0n) is 10.6. The Hall–Kier alpha value is -1.29. The molecule has 0 aliphatic rings. The quantitative estimate of drug-likeness (QED) is 0.923. The van der Waals surface area contributed by atoms with E-state index in [1.165, 1.54) is 5.39 Å². The molecule has 96 valence electrons. The van der Waals surface area contributed by atoms with Crippen LogP contribution in [-0.4, -0.2) is 16.5 Å². The van der Waals surface area contributed by atoms with Crippen molar-refractivity contribution < 1.29 is 4.79 Å². The Morgan fingerprint density at radius 2 is 2.17 bits per heavy atom. The molecule has 2 rings (SSSR count). The van der Waals surface area contributed by atoms with Gasteiger partial charge in [-0.1, -0.05) is 22.0 Å². The van der Waals surface area contributed by atoms with Gasteiger partial charge in [0.2, 0.25) is 5.91 Å². The third-order valence-electron chi connectivity index (χ3n) is 2.77. The van der Waals surface area contributed by atoms with E-state index in [0.717, 1.165) is 9.99 Å². The number of amides is 1. The molecule has 0 fully saturated rings. The number of aryl methyl sites for hydroxylation is 1. The summed E-state index contributed by atoms with van der Waals surface area (Å²) < 4.78 is 3.17. The first-order valence-electron chi connectivity index (χ1n) is 6.10. The van der Waals surface area contributed by atoms with Crippen molar-refractivity contribution in [1.29, 1.82) is 0 Å². The molecule has 1 aromatic heterocycles. The van der Waals surface area contributed by atoms with Crippen LogP contribution in [0.15, 0.2) is 34.9 Å². The Morgan fingerprint density at radius 3 is 2.89 bits per heavy atom. The number of fused-ring (bicyclic) bond motifs is 1. The highest BCUT2D eigenvalue weighted by molar-refractivity contribution is 9.10. The van der Waals surface area contributed by atoms with Crippen LogP contribution in [0.25, 0.3) is 10.9 Å². The monoisotopic (exact) mass is 308 g/mol. The van der Waals surface area contributed by atoms with Gasteiger partial charge in [0.15, 0.2) is 0 Å². The number of aromatic nitrogens is 1. The molecule has 18 heavy (non-hydrogen) atoms. The van der Waals surface area contributed by atoms with Crippen LogP contribution >= 0.6 is 15.9 Å². The van der Waals surface area contributed by atoms with Crippen LogP contribution in [-0.2, 0) is 11.3 Å². The Kier molecular flexibility index (Phi) is 4.07. The van der Waals surface area contributed by atoms with Gasteiger partial charge in [-0.15, -0.1) is 0 Å². The molecule has 0 unspecified atom stereocenters. The Labute approximate surface area is 115 Å². The van der Waals surface area contributed by atoms with Gasteiger partial charge in [-0.25, -0.2) is 0 Å². The minimum Gasteiger partial charge on any atom is -0.354 e. The minimum atomic E-state index is 0.0989. The van der Waals surface area contributed by atoms with Crippen LogP contribution in [0.2, 0.25) is 0 Å². The molecule has 0 spiro atoms. The molecule has 3 nitrogen and oxygen atoms in total. The van der Waals surface area contributed by atoms with E-state index in [2.05, 4.69) is 44.0 Å². The van der Waals surface area contributed by atoms with E-state index in [1.807, 2.05) is 26.1 Å². The van der Waals surface area contributed by atoms with Crippen LogP contribution < -0.4 is 5.32 Å². The molecule has 0 aliphatic heterocycles. The van der Waals surface area contributed by atoms with Gasteiger partial charge in [-0.05, 0) is 37.4 Å². The Bertz CT molecular complexity index is 560. The molecular weight excluding hydrogens is 292 g/mol. The summed E-state index contributed by atoms with van der Waals surface area (Å²) in [4.78, 5) is 11.6. The molecule has 2 aromatic rings. The van der Waals surface area contributed by atoms with Crippen LogP contribution in [0.5, 0.6) is 0 Å². The standard InChI is InChI=1S/C14H17BrN2O/c1-10(2)16-14(18)6-8-17-7-5-11-3-4-12(15)9-13(11)17/h3-5,7,9-10H,6,8H2,1-2H3,(H,16,18). The lowest BCUT2D eigenvalue weighted by molar-refractivity contribution is -0.121. The molecule has 0 radical (unpaired) electrons. The molecule has 4 heteroatoms.